The normalized spacial score (nSPS) is 13.1. The van der Waals surface area contributed by atoms with Gasteiger partial charge in [0.1, 0.15) is 0 Å². The molecule has 1 atom stereocenters. The van der Waals surface area contributed by atoms with Gasteiger partial charge in [-0.05, 0) is 19.1 Å². The van der Waals surface area contributed by atoms with Gasteiger partial charge in [0.2, 0.25) is 0 Å². The minimum atomic E-state index is -0.938. The summed E-state index contributed by atoms with van der Waals surface area (Å²) in [6.07, 6.45) is 4.35. The first-order valence-electron chi connectivity index (χ1n) is 6.63. The van der Waals surface area contributed by atoms with Gasteiger partial charge in [0.25, 0.3) is 0 Å². The zero-order valence-electron chi connectivity index (χ0n) is 12.0. The zero-order valence-corrected chi connectivity index (χ0v) is 12.8. The number of thioether (sulfide) groups is 1. The van der Waals surface area contributed by atoms with Gasteiger partial charge in [-0.15, -0.1) is 0 Å². The van der Waals surface area contributed by atoms with Gasteiger partial charge in [0, 0.05) is 17.7 Å². The van der Waals surface area contributed by atoms with E-state index in [9.17, 15) is 9.59 Å². The molecule has 0 heterocycles. The maximum Gasteiger partial charge on any atom is 0.330 e. The molecule has 0 amide bonds. The van der Waals surface area contributed by atoms with Crippen LogP contribution in [0, 0.1) is 5.92 Å². The molecule has 0 bridgehead atoms. The van der Waals surface area contributed by atoms with Crippen molar-refractivity contribution in [2.75, 3.05) is 18.1 Å². The van der Waals surface area contributed by atoms with Crippen molar-refractivity contribution in [3.8, 4) is 0 Å². The van der Waals surface area contributed by atoms with E-state index in [0.29, 0.717) is 6.42 Å². The van der Waals surface area contributed by atoms with Crippen molar-refractivity contribution in [2.24, 2.45) is 5.92 Å². The third-order valence-corrected chi connectivity index (χ3v) is 3.88. The second-order valence-corrected chi connectivity index (χ2v) is 5.63. The van der Waals surface area contributed by atoms with E-state index in [1.165, 1.54) is 19.8 Å². The number of carbonyl (C=O) groups excluding carboxylic acids is 1. The highest BCUT2D eigenvalue weighted by atomic mass is 32.2. The summed E-state index contributed by atoms with van der Waals surface area (Å²) in [6.45, 7) is 5.77. The van der Waals surface area contributed by atoms with Crippen LogP contribution in [0.2, 0.25) is 0 Å². The van der Waals surface area contributed by atoms with Crippen molar-refractivity contribution < 1.29 is 19.4 Å². The molecule has 0 aliphatic heterocycles. The van der Waals surface area contributed by atoms with E-state index < -0.39 is 5.97 Å². The number of unbranched alkanes of at least 4 members (excludes halogenated alkanes) is 1. The molecule has 4 nitrogen and oxygen atoms in total. The summed E-state index contributed by atoms with van der Waals surface area (Å²) < 4.78 is 5.10. The zero-order chi connectivity index (χ0) is 14.7. The molecule has 0 aromatic heterocycles. The fourth-order valence-corrected chi connectivity index (χ4v) is 2.39. The van der Waals surface area contributed by atoms with Crippen LogP contribution in [-0.2, 0) is 14.3 Å². The van der Waals surface area contributed by atoms with Gasteiger partial charge in [-0.3, -0.25) is 4.79 Å². The molecule has 0 saturated carbocycles. The average Bonchev–Trinajstić information content (AvgIpc) is 2.38. The summed E-state index contributed by atoms with van der Waals surface area (Å²) in [7, 11) is 0. The lowest BCUT2D eigenvalue weighted by atomic mass is 10.2. The number of esters is 1. The van der Waals surface area contributed by atoms with Gasteiger partial charge in [-0.2, -0.15) is 11.8 Å². The van der Waals surface area contributed by atoms with Crippen molar-refractivity contribution >= 4 is 23.7 Å². The highest BCUT2D eigenvalue weighted by molar-refractivity contribution is 7.99. The van der Waals surface area contributed by atoms with Gasteiger partial charge < -0.3 is 9.84 Å². The maximum absolute atomic E-state index is 11.6. The molecule has 0 spiro atoms. The van der Waals surface area contributed by atoms with Crippen molar-refractivity contribution in [3.05, 3.63) is 11.6 Å². The van der Waals surface area contributed by atoms with E-state index >= 15 is 0 Å². The third kappa shape index (κ3) is 9.59. The summed E-state index contributed by atoms with van der Waals surface area (Å²) in [5.74, 6) is 0.612. The average molecular weight is 288 g/mol. The first-order valence-corrected chi connectivity index (χ1v) is 7.79. The monoisotopic (exact) mass is 288 g/mol. The number of carboxylic acids is 1. The van der Waals surface area contributed by atoms with Crippen molar-refractivity contribution in [1.29, 1.82) is 0 Å². The maximum atomic E-state index is 11.6. The predicted molar refractivity (Wildman–Crippen MR) is 78.4 cm³/mol. The fourth-order valence-electron chi connectivity index (χ4n) is 1.24. The number of hydrogen-bond donors (Lipinski definition) is 1. The molecule has 1 unspecified atom stereocenters. The van der Waals surface area contributed by atoms with Crippen molar-refractivity contribution in [2.45, 2.75) is 40.0 Å². The summed E-state index contributed by atoms with van der Waals surface area (Å²) in [5, 5.41) is 8.64. The summed E-state index contributed by atoms with van der Waals surface area (Å²) in [6, 6.07) is 0. The fraction of sp³-hybridized carbons (Fsp3) is 0.714. The topological polar surface area (TPSA) is 63.6 Å². The Morgan fingerprint density at radius 2 is 2.11 bits per heavy atom. The highest BCUT2D eigenvalue weighted by Crippen LogP contribution is 2.12. The van der Waals surface area contributed by atoms with Gasteiger partial charge in [0.15, 0.2) is 0 Å². The van der Waals surface area contributed by atoms with Crippen molar-refractivity contribution in [3.63, 3.8) is 0 Å². The third-order valence-electron chi connectivity index (χ3n) is 2.56. The Kier molecular flexibility index (Phi) is 10.4. The molecular formula is C14H24O4S. The second kappa shape index (κ2) is 10.9. The number of carboxylic acid groups (broad SMARTS) is 1. The molecule has 0 saturated heterocycles. The lowest BCUT2D eigenvalue weighted by molar-refractivity contribution is -0.146. The Labute approximate surface area is 119 Å². The quantitative estimate of drug-likeness (QED) is 0.380. The summed E-state index contributed by atoms with van der Waals surface area (Å²) >= 11 is 1.77. The van der Waals surface area contributed by atoms with Crippen molar-refractivity contribution in [1.82, 2.24) is 0 Å². The molecular weight excluding hydrogens is 264 g/mol. The minimum absolute atomic E-state index is 0.105. The van der Waals surface area contributed by atoms with Crippen LogP contribution in [-0.4, -0.2) is 35.2 Å². The van der Waals surface area contributed by atoms with Crippen LogP contribution < -0.4 is 0 Å². The Balaban J connectivity index is 3.73. The Morgan fingerprint density at radius 3 is 2.68 bits per heavy atom. The summed E-state index contributed by atoms with van der Waals surface area (Å²) in [4.78, 5) is 22.1. The van der Waals surface area contributed by atoms with E-state index in [-0.39, 0.29) is 24.1 Å². The lowest BCUT2D eigenvalue weighted by Crippen LogP contribution is -2.17. The number of hydrogen-bond acceptors (Lipinski definition) is 4. The molecule has 0 aliphatic rings. The first kappa shape index (κ1) is 18.0. The molecule has 0 aliphatic carbocycles. The van der Waals surface area contributed by atoms with Crippen LogP contribution in [0.15, 0.2) is 11.6 Å². The van der Waals surface area contributed by atoms with Crippen LogP contribution in [0.4, 0.5) is 0 Å². The Hall–Kier alpha value is -0.970. The number of carbonyl (C=O) groups is 2. The van der Waals surface area contributed by atoms with Crippen LogP contribution in [0.1, 0.15) is 40.0 Å². The molecule has 1 N–H and O–H groups in total. The smallest absolute Gasteiger partial charge is 0.330 e. The highest BCUT2D eigenvalue weighted by Gasteiger charge is 2.13. The van der Waals surface area contributed by atoms with Crippen LogP contribution in [0.3, 0.4) is 0 Å². The van der Waals surface area contributed by atoms with E-state index in [1.54, 1.807) is 17.8 Å². The van der Waals surface area contributed by atoms with E-state index in [1.807, 2.05) is 6.92 Å². The Bertz CT molecular complexity index is 313. The molecule has 0 fully saturated rings. The van der Waals surface area contributed by atoms with E-state index in [0.717, 1.165) is 11.5 Å². The van der Waals surface area contributed by atoms with Gasteiger partial charge in [0.05, 0.1) is 12.5 Å². The number of ether oxygens (including phenoxy) is 1. The molecule has 0 aromatic rings. The number of rotatable bonds is 10. The molecule has 0 rings (SSSR count). The molecule has 5 heteroatoms. The number of aliphatic carboxylic acids is 1. The minimum Gasteiger partial charge on any atom is -0.478 e. The van der Waals surface area contributed by atoms with Crippen LogP contribution in [0.25, 0.3) is 0 Å². The SMILES string of the molecule is CCCCSCC(C)C(=O)OCC/C=C(\C)C(=O)O. The van der Waals surface area contributed by atoms with Crippen LogP contribution in [0.5, 0.6) is 0 Å². The summed E-state index contributed by atoms with van der Waals surface area (Å²) in [5.41, 5.74) is 0.277. The largest absolute Gasteiger partial charge is 0.478 e. The van der Waals surface area contributed by atoms with E-state index in [2.05, 4.69) is 6.92 Å². The van der Waals surface area contributed by atoms with Gasteiger partial charge >= 0.3 is 11.9 Å². The first-order chi connectivity index (χ1) is 8.99. The van der Waals surface area contributed by atoms with Gasteiger partial charge in [-0.25, -0.2) is 4.79 Å². The predicted octanol–water partition coefficient (Wildman–Crippen LogP) is 3.12. The standard InChI is InChI=1S/C14H24O4S/c1-4-5-9-19-10-12(3)14(17)18-8-6-7-11(2)13(15)16/h7,12H,4-6,8-10H2,1-3H3,(H,15,16)/b11-7+. The molecule has 19 heavy (non-hydrogen) atoms. The molecule has 0 radical (unpaired) electrons. The lowest BCUT2D eigenvalue weighted by Gasteiger charge is -2.10. The van der Waals surface area contributed by atoms with Crippen LogP contribution >= 0.6 is 11.8 Å². The second-order valence-electron chi connectivity index (χ2n) is 4.48. The Morgan fingerprint density at radius 1 is 1.42 bits per heavy atom. The van der Waals surface area contributed by atoms with E-state index in [4.69, 9.17) is 9.84 Å². The van der Waals surface area contributed by atoms with Gasteiger partial charge in [-0.1, -0.05) is 26.3 Å². The molecule has 110 valence electrons. The molecule has 0 aromatic carbocycles.